The summed E-state index contributed by atoms with van der Waals surface area (Å²) < 4.78 is 59.2. The maximum absolute atomic E-state index is 14.5. The maximum Gasteiger partial charge on any atom is 0.341 e. The number of aryl methyl sites for hydroxylation is 1. The van der Waals surface area contributed by atoms with Gasteiger partial charge in [-0.3, -0.25) is 4.79 Å². The summed E-state index contributed by atoms with van der Waals surface area (Å²) in [5, 5.41) is 0. The van der Waals surface area contributed by atoms with E-state index in [0.717, 1.165) is 22.6 Å². The minimum atomic E-state index is -3.73. The van der Waals surface area contributed by atoms with Crippen LogP contribution in [0.2, 0.25) is 0 Å². The molecular weight excluding hydrogens is 464 g/mol. The number of anilines is 1. The molecule has 1 fully saturated rings. The van der Waals surface area contributed by atoms with Gasteiger partial charge in [0.15, 0.2) is 9.84 Å². The first-order valence-corrected chi connectivity index (χ1v) is 12.3. The number of ether oxygens (including phenoxy) is 1. The largest absolute Gasteiger partial charge is 0.455 e. The van der Waals surface area contributed by atoms with Crippen molar-refractivity contribution in [1.29, 1.82) is 0 Å². The second-order valence-electron chi connectivity index (χ2n) is 8.06. The monoisotopic (exact) mass is 485 g/mol. The SMILES string of the molecule is Cc1ccc(N(C(=O)c2ccccc2F)[C@H]2CS(=O)(=O)C[C@@H]2OC(=O)c2ccccc2F)cc1. The lowest BCUT2D eigenvalue weighted by Gasteiger charge is -2.32. The van der Waals surface area contributed by atoms with E-state index >= 15 is 0 Å². The lowest BCUT2D eigenvalue weighted by molar-refractivity contribution is 0.0309. The fourth-order valence-electron chi connectivity index (χ4n) is 3.91. The molecule has 0 spiro atoms. The molecule has 3 aromatic rings. The van der Waals surface area contributed by atoms with Gasteiger partial charge in [-0.15, -0.1) is 0 Å². The number of halogens is 2. The van der Waals surface area contributed by atoms with Crippen molar-refractivity contribution >= 4 is 27.4 Å². The Morgan fingerprint density at radius 3 is 2.00 bits per heavy atom. The quantitative estimate of drug-likeness (QED) is 0.512. The third-order valence-corrected chi connectivity index (χ3v) is 7.28. The summed E-state index contributed by atoms with van der Waals surface area (Å²) in [7, 11) is -3.73. The number of benzene rings is 3. The molecule has 0 aromatic heterocycles. The molecule has 0 radical (unpaired) electrons. The minimum absolute atomic E-state index is 0.258. The molecule has 0 bridgehead atoms. The van der Waals surface area contributed by atoms with Crippen LogP contribution in [-0.4, -0.2) is 43.9 Å². The van der Waals surface area contributed by atoms with Crippen molar-refractivity contribution in [3.05, 3.63) is 101 Å². The molecule has 1 aliphatic rings. The van der Waals surface area contributed by atoms with Gasteiger partial charge in [-0.1, -0.05) is 42.0 Å². The van der Waals surface area contributed by atoms with E-state index in [0.29, 0.717) is 5.69 Å². The lowest BCUT2D eigenvalue weighted by Crippen LogP contribution is -2.48. The Morgan fingerprint density at radius 2 is 1.41 bits per heavy atom. The number of nitrogens with zero attached hydrogens (tertiary/aromatic N) is 1. The van der Waals surface area contributed by atoms with Gasteiger partial charge in [0.2, 0.25) is 0 Å². The molecule has 6 nitrogen and oxygen atoms in total. The number of esters is 1. The molecule has 0 N–H and O–H groups in total. The summed E-state index contributed by atoms with van der Waals surface area (Å²) >= 11 is 0. The third kappa shape index (κ3) is 4.84. The average Bonchev–Trinajstić information content (AvgIpc) is 3.09. The first-order valence-electron chi connectivity index (χ1n) is 10.5. The zero-order valence-electron chi connectivity index (χ0n) is 18.1. The van der Waals surface area contributed by atoms with Gasteiger partial charge in [0.1, 0.15) is 17.7 Å². The van der Waals surface area contributed by atoms with Crippen LogP contribution in [0, 0.1) is 18.6 Å². The minimum Gasteiger partial charge on any atom is -0.455 e. The van der Waals surface area contributed by atoms with Gasteiger partial charge < -0.3 is 9.64 Å². The molecule has 3 aromatic carbocycles. The fourth-order valence-corrected chi connectivity index (χ4v) is 5.72. The second kappa shape index (κ2) is 9.34. The first kappa shape index (κ1) is 23.6. The summed E-state index contributed by atoms with van der Waals surface area (Å²) in [6.45, 7) is 1.84. The van der Waals surface area contributed by atoms with Crippen molar-refractivity contribution in [2.24, 2.45) is 0 Å². The molecule has 34 heavy (non-hydrogen) atoms. The average molecular weight is 486 g/mol. The summed E-state index contributed by atoms with van der Waals surface area (Å²) in [6.07, 6.45) is -1.28. The highest BCUT2D eigenvalue weighted by molar-refractivity contribution is 7.91. The van der Waals surface area contributed by atoms with E-state index in [9.17, 15) is 26.8 Å². The number of sulfone groups is 1. The number of carbonyl (C=O) groups excluding carboxylic acids is 2. The molecule has 1 saturated heterocycles. The molecule has 4 rings (SSSR count). The van der Waals surface area contributed by atoms with E-state index in [2.05, 4.69) is 0 Å². The highest BCUT2D eigenvalue weighted by Gasteiger charge is 2.46. The van der Waals surface area contributed by atoms with Crippen molar-refractivity contribution in [2.75, 3.05) is 16.4 Å². The van der Waals surface area contributed by atoms with Crippen LogP contribution in [-0.2, 0) is 14.6 Å². The maximum atomic E-state index is 14.5. The van der Waals surface area contributed by atoms with E-state index in [4.69, 9.17) is 4.74 Å². The standard InChI is InChI=1S/C25H21F2NO5S/c1-16-10-12-17(13-11-16)28(24(29)18-6-2-4-8-20(18)26)22-14-34(31,32)15-23(22)33-25(30)19-7-3-5-9-21(19)27/h2-13,22-23H,14-15H2,1H3/t22-,23-/m0/s1. The van der Waals surface area contributed by atoms with E-state index in [1.807, 2.05) is 6.92 Å². The predicted octanol–water partition coefficient (Wildman–Crippen LogP) is 3.94. The molecular formula is C25H21F2NO5S. The molecule has 1 amide bonds. The zero-order chi connectivity index (χ0) is 24.5. The molecule has 9 heteroatoms. The predicted molar refractivity (Wildman–Crippen MR) is 122 cm³/mol. The van der Waals surface area contributed by atoms with Crippen LogP contribution >= 0.6 is 0 Å². The Morgan fingerprint density at radius 1 is 0.853 bits per heavy atom. The van der Waals surface area contributed by atoms with Gasteiger partial charge in [0.05, 0.1) is 28.7 Å². The van der Waals surface area contributed by atoms with Crippen LogP contribution in [0.15, 0.2) is 72.8 Å². The van der Waals surface area contributed by atoms with Gasteiger partial charge >= 0.3 is 5.97 Å². The lowest BCUT2D eigenvalue weighted by atomic mass is 10.1. The Balaban J connectivity index is 1.75. The highest BCUT2D eigenvalue weighted by Crippen LogP contribution is 2.30. The molecule has 0 aliphatic carbocycles. The summed E-state index contributed by atoms with van der Waals surface area (Å²) in [6, 6.07) is 16.0. The third-order valence-electron chi connectivity index (χ3n) is 5.59. The normalized spacial score (nSPS) is 18.9. The van der Waals surface area contributed by atoms with Crippen LogP contribution in [0.4, 0.5) is 14.5 Å². The van der Waals surface area contributed by atoms with Crippen LogP contribution in [0.5, 0.6) is 0 Å². The van der Waals surface area contributed by atoms with Crippen molar-refractivity contribution in [1.82, 2.24) is 0 Å². The Kier molecular flexibility index (Phi) is 6.47. The molecule has 1 aliphatic heterocycles. The van der Waals surface area contributed by atoms with Gasteiger partial charge in [0, 0.05) is 5.69 Å². The van der Waals surface area contributed by atoms with Gasteiger partial charge in [-0.05, 0) is 43.3 Å². The summed E-state index contributed by atoms with van der Waals surface area (Å²) in [5.74, 6) is -4.47. The second-order valence-corrected chi connectivity index (χ2v) is 10.2. The van der Waals surface area contributed by atoms with Gasteiger partial charge in [0.25, 0.3) is 5.91 Å². The van der Waals surface area contributed by atoms with Crippen LogP contribution in [0.3, 0.4) is 0 Å². The van der Waals surface area contributed by atoms with E-state index in [1.165, 1.54) is 36.4 Å². The highest BCUT2D eigenvalue weighted by atomic mass is 32.2. The van der Waals surface area contributed by atoms with E-state index < -0.39 is 57.0 Å². The number of hydrogen-bond donors (Lipinski definition) is 0. The van der Waals surface area contributed by atoms with Crippen molar-refractivity contribution in [3.8, 4) is 0 Å². The molecule has 2 atom stereocenters. The molecule has 0 unspecified atom stereocenters. The van der Waals surface area contributed by atoms with Gasteiger partial charge in [-0.2, -0.15) is 0 Å². The topological polar surface area (TPSA) is 80.8 Å². The van der Waals surface area contributed by atoms with Crippen LogP contribution in [0.25, 0.3) is 0 Å². The fraction of sp³-hybridized carbons (Fsp3) is 0.200. The van der Waals surface area contributed by atoms with Crippen molar-refractivity contribution in [3.63, 3.8) is 0 Å². The number of carbonyl (C=O) groups is 2. The van der Waals surface area contributed by atoms with Crippen LogP contribution in [0.1, 0.15) is 26.3 Å². The Hall–Kier alpha value is -3.59. The summed E-state index contributed by atoms with van der Waals surface area (Å²) in [5.41, 5.74) is 0.593. The molecule has 1 heterocycles. The van der Waals surface area contributed by atoms with Crippen molar-refractivity contribution in [2.45, 2.75) is 19.1 Å². The first-order chi connectivity index (χ1) is 16.2. The van der Waals surface area contributed by atoms with E-state index in [-0.39, 0.29) is 11.1 Å². The molecule has 176 valence electrons. The summed E-state index contributed by atoms with van der Waals surface area (Å²) in [4.78, 5) is 27.3. The Labute approximate surface area is 195 Å². The molecule has 0 saturated carbocycles. The number of amides is 1. The van der Waals surface area contributed by atoms with E-state index in [1.54, 1.807) is 24.3 Å². The van der Waals surface area contributed by atoms with Crippen LogP contribution < -0.4 is 4.90 Å². The Bertz CT molecular complexity index is 1340. The zero-order valence-corrected chi connectivity index (χ0v) is 19.0. The van der Waals surface area contributed by atoms with Gasteiger partial charge in [-0.25, -0.2) is 22.0 Å². The number of rotatable bonds is 5. The van der Waals surface area contributed by atoms with Crippen molar-refractivity contribution < 1.29 is 31.5 Å². The smallest absolute Gasteiger partial charge is 0.341 e. The number of hydrogen-bond acceptors (Lipinski definition) is 5.